The molecule has 0 atom stereocenters. The number of pyridine rings is 1. The molecule has 0 bridgehead atoms. The van der Waals surface area contributed by atoms with Crippen LogP contribution in [-0.4, -0.2) is 49.0 Å². The van der Waals surface area contributed by atoms with E-state index in [0.717, 1.165) is 44.0 Å². The van der Waals surface area contributed by atoms with Gasteiger partial charge in [0.05, 0.1) is 0 Å². The van der Waals surface area contributed by atoms with Gasteiger partial charge in [0.2, 0.25) is 5.91 Å². The fraction of sp³-hybridized carbons (Fsp3) is 0.333. The summed E-state index contributed by atoms with van der Waals surface area (Å²) in [6.45, 7) is 4.53. The number of carbonyl (C=O) groups is 1. The van der Waals surface area contributed by atoms with Gasteiger partial charge in [-0.15, -0.1) is 0 Å². The molecule has 1 fully saturated rings. The molecule has 1 saturated heterocycles. The Balaban J connectivity index is 1.32. The Morgan fingerprint density at radius 3 is 2.62 bits per heavy atom. The summed E-state index contributed by atoms with van der Waals surface area (Å²) in [7, 11) is 2.15. The minimum absolute atomic E-state index is 0.0753. The minimum atomic E-state index is 0.0753. The number of likely N-dealkylation sites (N-methyl/N-ethyl adjacent to an activating group) is 1. The van der Waals surface area contributed by atoms with E-state index in [0.29, 0.717) is 13.0 Å². The van der Waals surface area contributed by atoms with E-state index in [9.17, 15) is 4.79 Å². The first-order chi connectivity index (χ1) is 14.2. The van der Waals surface area contributed by atoms with Gasteiger partial charge in [-0.05, 0) is 35.9 Å². The summed E-state index contributed by atoms with van der Waals surface area (Å²) in [5.74, 6) is 1.07. The molecule has 0 spiro atoms. The fourth-order valence-corrected chi connectivity index (χ4v) is 3.81. The van der Waals surface area contributed by atoms with Crippen molar-refractivity contribution in [1.29, 1.82) is 0 Å². The molecule has 1 aromatic heterocycles. The molecule has 2 heterocycles. The number of benzene rings is 2. The molecule has 0 radical (unpaired) electrons. The smallest absolute Gasteiger partial charge is 0.220 e. The molecule has 0 saturated carbocycles. The number of piperazine rings is 1. The van der Waals surface area contributed by atoms with Crippen molar-refractivity contribution in [3.05, 3.63) is 71.9 Å². The molecule has 0 aliphatic carbocycles. The van der Waals surface area contributed by atoms with Crippen LogP contribution in [0.4, 0.5) is 5.82 Å². The maximum Gasteiger partial charge on any atom is 0.220 e. The third kappa shape index (κ3) is 4.93. The Bertz CT molecular complexity index is 979. The van der Waals surface area contributed by atoms with E-state index in [2.05, 4.69) is 63.5 Å². The van der Waals surface area contributed by atoms with Crippen LogP contribution in [-0.2, 0) is 17.8 Å². The number of rotatable bonds is 6. The van der Waals surface area contributed by atoms with Gasteiger partial charge in [0, 0.05) is 50.9 Å². The van der Waals surface area contributed by atoms with Crippen LogP contribution in [0, 0.1) is 0 Å². The van der Waals surface area contributed by atoms with Gasteiger partial charge in [-0.2, -0.15) is 0 Å². The van der Waals surface area contributed by atoms with Crippen LogP contribution in [0.25, 0.3) is 10.8 Å². The Hall–Kier alpha value is -2.92. The molecule has 2 aromatic carbocycles. The Morgan fingerprint density at radius 2 is 1.79 bits per heavy atom. The van der Waals surface area contributed by atoms with E-state index in [1.165, 1.54) is 16.3 Å². The highest BCUT2D eigenvalue weighted by atomic mass is 16.1. The molecule has 150 valence electrons. The molecule has 4 rings (SSSR count). The zero-order valence-electron chi connectivity index (χ0n) is 17.0. The van der Waals surface area contributed by atoms with Gasteiger partial charge in [-0.1, -0.05) is 48.5 Å². The number of hydrogen-bond acceptors (Lipinski definition) is 4. The van der Waals surface area contributed by atoms with Crippen LogP contribution in [0.3, 0.4) is 0 Å². The highest BCUT2D eigenvalue weighted by Gasteiger charge is 2.18. The zero-order chi connectivity index (χ0) is 20.1. The molecule has 1 aliphatic rings. The second-order valence-electron chi connectivity index (χ2n) is 7.73. The van der Waals surface area contributed by atoms with Crippen LogP contribution in [0.1, 0.15) is 17.5 Å². The van der Waals surface area contributed by atoms with Gasteiger partial charge in [-0.3, -0.25) is 4.79 Å². The van der Waals surface area contributed by atoms with Crippen LogP contribution in [0.2, 0.25) is 0 Å². The van der Waals surface area contributed by atoms with E-state index in [4.69, 9.17) is 0 Å². The van der Waals surface area contributed by atoms with Gasteiger partial charge in [-0.25, -0.2) is 4.98 Å². The molecular formula is C24H28N4O. The number of aromatic nitrogens is 1. The standard InChI is InChI=1S/C24H28N4O/c1-27-13-15-28(16-14-27)24-22(7-4-12-25-24)18-26-23(29)11-9-19-8-10-20-5-2-3-6-21(20)17-19/h2-8,10,12,17H,9,11,13-16,18H2,1H3,(H,26,29). The third-order valence-electron chi connectivity index (χ3n) is 5.60. The predicted molar refractivity (Wildman–Crippen MR) is 118 cm³/mol. The van der Waals surface area contributed by atoms with E-state index in [-0.39, 0.29) is 5.91 Å². The molecule has 1 amide bonds. The number of nitrogens with one attached hydrogen (secondary N) is 1. The number of fused-ring (bicyclic) bond motifs is 1. The lowest BCUT2D eigenvalue weighted by Gasteiger charge is -2.34. The average molecular weight is 389 g/mol. The highest BCUT2D eigenvalue weighted by molar-refractivity contribution is 5.83. The largest absolute Gasteiger partial charge is 0.354 e. The third-order valence-corrected chi connectivity index (χ3v) is 5.60. The first kappa shape index (κ1) is 19.4. The first-order valence-electron chi connectivity index (χ1n) is 10.3. The van der Waals surface area contributed by atoms with Crippen molar-refractivity contribution < 1.29 is 4.79 Å². The maximum atomic E-state index is 12.4. The molecule has 29 heavy (non-hydrogen) atoms. The first-order valence-corrected chi connectivity index (χ1v) is 10.3. The SMILES string of the molecule is CN1CCN(c2ncccc2CNC(=O)CCc2ccc3ccccc3c2)CC1. The normalized spacial score (nSPS) is 14.9. The van der Waals surface area contributed by atoms with Crippen molar-refractivity contribution in [2.24, 2.45) is 0 Å². The lowest BCUT2D eigenvalue weighted by Crippen LogP contribution is -2.45. The Morgan fingerprint density at radius 1 is 1.00 bits per heavy atom. The van der Waals surface area contributed by atoms with Crippen molar-refractivity contribution in [2.75, 3.05) is 38.1 Å². The molecule has 0 unspecified atom stereocenters. The van der Waals surface area contributed by atoms with Gasteiger partial charge in [0.25, 0.3) is 0 Å². The number of anilines is 1. The molecule has 5 heteroatoms. The number of amides is 1. The summed E-state index contributed by atoms with van der Waals surface area (Å²) in [5, 5.41) is 5.53. The molecule has 1 aliphatic heterocycles. The molecular weight excluding hydrogens is 360 g/mol. The number of hydrogen-bond donors (Lipinski definition) is 1. The minimum Gasteiger partial charge on any atom is -0.354 e. The summed E-state index contributed by atoms with van der Waals surface area (Å²) in [5.41, 5.74) is 2.27. The van der Waals surface area contributed by atoms with Gasteiger partial charge >= 0.3 is 0 Å². The quantitative estimate of drug-likeness (QED) is 0.704. The second kappa shape index (κ2) is 9.05. The number of aryl methyl sites for hydroxylation is 1. The van der Waals surface area contributed by atoms with Crippen LogP contribution < -0.4 is 10.2 Å². The lowest BCUT2D eigenvalue weighted by atomic mass is 10.0. The average Bonchev–Trinajstić information content (AvgIpc) is 2.77. The van der Waals surface area contributed by atoms with Gasteiger partial charge < -0.3 is 15.1 Å². The van der Waals surface area contributed by atoms with E-state index < -0.39 is 0 Å². The number of nitrogens with zero attached hydrogens (tertiary/aromatic N) is 3. The number of carbonyl (C=O) groups excluding carboxylic acids is 1. The van der Waals surface area contributed by atoms with E-state index in [1.54, 1.807) is 0 Å². The summed E-state index contributed by atoms with van der Waals surface area (Å²) < 4.78 is 0. The zero-order valence-corrected chi connectivity index (χ0v) is 17.0. The Labute approximate surface area is 172 Å². The van der Waals surface area contributed by atoms with E-state index >= 15 is 0 Å². The van der Waals surface area contributed by atoms with Crippen molar-refractivity contribution in [3.63, 3.8) is 0 Å². The Kier molecular flexibility index (Phi) is 6.06. The monoisotopic (exact) mass is 388 g/mol. The van der Waals surface area contributed by atoms with Crippen molar-refractivity contribution in [3.8, 4) is 0 Å². The topological polar surface area (TPSA) is 48.5 Å². The lowest BCUT2D eigenvalue weighted by molar-refractivity contribution is -0.121. The van der Waals surface area contributed by atoms with Gasteiger partial charge in [0.1, 0.15) is 5.82 Å². The van der Waals surface area contributed by atoms with E-state index in [1.807, 2.05) is 24.4 Å². The predicted octanol–water partition coefficient (Wildman–Crippen LogP) is 3.24. The summed E-state index contributed by atoms with van der Waals surface area (Å²) >= 11 is 0. The van der Waals surface area contributed by atoms with Crippen LogP contribution in [0.5, 0.6) is 0 Å². The molecule has 1 N–H and O–H groups in total. The van der Waals surface area contributed by atoms with Crippen molar-refractivity contribution >= 4 is 22.5 Å². The summed E-state index contributed by atoms with van der Waals surface area (Å²) in [6, 6.07) is 18.7. The summed E-state index contributed by atoms with van der Waals surface area (Å²) in [4.78, 5) is 21.7. The fourth-order valence-electron chi connectivity index (χ4n) is 3.81. The van der Waals surface area contributed by atoms with Crippen LogP contribution >= 0.6 is 0 Å². The molecule has 3 aromatic rings. The van der Waals surface area contributed by atoms with Crippen molar-refractivity contribution in [2.45, 2.75) is 19.4 Å². The second-order valence-corrected chi connectivity index (χ2v) is 7.73. The summed E-state index contributed by atoms with van der Waals surface area (Å²) in [6.07, 6.45) is 3.07. The maximum absolute atomic E-state index is 12.4. The van der Waals surface area contributed by atoms with Crippen molar-refractivity contribution in [1.82, 2.24) is 15.2 Å². The van der Waals surface area contributed by atoms with Gasteiger partial charge in [0.15, 0.2) is 0 Å². The van der Waals surface area contributed by atoms with Crippen LogP contribution in [0.15, 0.2) is 60.8 Å². The highest BCUT2D eigenvalue weighted by Crippen LogP contribution is 2.19. The molecule has 5 nitrogen and oxygen atoms in total.